The lowest BCUT2D eigenvalue weighted by atomic mass is 10.3. The number of nitrogens with zero attached hydrogens (tertiary/aromatic N) is 1. The van der Waals surface area contributed by atoms with Crippen LogP contribution in [0.2, 0.25) is 0 Å². The highest BCUT2D eigenvalue weighted by Gasteiger charge is 2.30. The van der Waals surface area contributed by atoms with Gasteiger partial charge in [-0.25, -0.2) is 4.98 Å². The van der Waals surface area contributed by atoms with Gasteiger partial charge in [0.2, 0.25) is 0 Å². The van der Waals surface area contributed by atoms with Gasteiger partial charge in [-0.1, -0.05) is 0 Å². The number of ether oxygens (including phenoxy) is 1. The fourth-order valence-electron chi connectivity index (χ4n) is 1.45. The summed E-state index contributed by atoms with van der Waals surface area (Å²) in [5, 5.41) is 4.08. The molecule has 0 aliphatic heterocycles. The number of benzene rings is 1. The maximum Gasteiger partial charge on any atom is 0.573 e. The van der Waals surface area contributed by atoms with E-state index in [1.54, 1.807) is 17.5 Å². The summed E-state index contributed by atoms with van der Waals surface area (Å²) in [7, 11) is 0. The second-order valence-electron chi connectivity index (χ2n) is 3.77. The summed E-state index contributed by atoms with van der Waals surface area (Å²) in [6.07, 6.45) is -2.89. The van der Waals surface area contributed by atoms with Gasteiger partial charge in [0, 0.05) is 16.8 Å². The van der Waals surface area contributed by atoms with Crippen LogP contribution in [0.1, 0.15) is 9.88 Å². The van der Waals surface area contributed by atoms with Gasteiger partial charge in [-0.15, -0.1) is 24.5 Å². The van der Waals surface area contributed by atoms with E-state index in [0.717, 1.165) is 15.6 Å². The van der Waals surface area contributed by atoms with Crippen molar-refractivity contribution in [2.45, 2.75) is 19.8 Å². The van der Waals surface area contributed by atoms with Crippen LogP contribution in [0.15, 0.2) is 30.5 Å². The third-order valence-electron chi connectivity index (χ3n) is 2.22. The average Bonchev–Trinajstić information content (AvgIpc) is 2.72. The van der Waals surface area contributed by atoms with Gasteiger partial charge >= 0.3 is 6.36 Å². The first kappa shape index (κ1) is 13.7. The monoisotopic (exact) mass is 288 g/mol. The zero-order valence-electron chi connectivity index (χ0n) is 9.99. The van der Waals surface area contributed by atoms with E-state index in [2.05, 4.69) is 15.0 Å². The normalized spacial score (nSPS) is 11.4. The van der Waals surface area contributed by atoms with E-state index in [1.165, 1.54) is 24.3 Å². The molecule has 0 spiro atoms. The summed E-state index contributed by atoms with van der Waals surface area (Å²) in [4.78, 5) is 5.18. The number of halogens is 3. The summed E-state index contributed by atoms with van der Waals surface area (Å²) in [5.74, 6) is -0.230. The molecule has 0 saturated heterocycles. The molecule has 3 nitrogen and oxygen atoms in total. The molecule has 0 saturated carbocycles. The second kappa shape index (κ2) is 5.48. The first-order chi connectivity index (χ1) is 8.92. The van der Waals surface area contributed by atoms with Crippen LogP contribution in [0.4, 0.5) is 18.9 Å². The molecule has 0 bridgehead atoms. The number of nitrogens with one attached hydrogen (secondary N) is 1. The second-order valence-corrected chi connectivity index (χ2v) is 5.09. The smallest absolute Gasteiger partial charge is 0.406 e. The number of aromatic nitrogens is 1. The third kappa shape index (κ3) is 4.44. The fourth-order valence-corrected chi connectivity index (χ4v) is 2.19. The van der Waals surface area contributed by atoms with Crippen LogP contribution in [0.5, 0.6) is 5.75 Å². The topological polar surface area (TPSA) is 34.2 Å². The minimum Gasteiger partial charge on any atom is -0.406 e. The van der Waals surface area contributed by atoms with Crippen LogP contribution in [-0.4, -0.2) is 11.3 Å². The highest BCUT2D eigenvalue weighted by atomic mass is 32.1. The number of anilines is 1. The van der Waals surface area contributed by atoms with Gasteiger partial charge in [0.1, 0.15) is 5.75 Å². The van der Waals surface area contributed by atoms with Crippen molar-refractivity contribution in [1.82, 2.24) is 4.98 Å². The molecule has 0 fully saturated rings. The maximum absolute atomic E-state index is 12.0. The Balaban J connectivity index is 1.91. The SMILES string of the molecule is Cc1ncc(CNc2ccc(OC(F)(F)F)cc2)s1. The zero-order chi connectivity index (χ0) is 13.9. The highest BCUT2D eigenvalue weighted by Crippen LogP contribution is 2.24. The summed E-state index contributed by atoms with van der Waals surface area (Å²) in [5.41, 5.74) is 0.723. The largest absolute Gasteiger partial charge is 0.573 e. The van der Waals surface area contributed by atoms with Crippen molar-refractivity contribution in [3.8, 4) is 5.75 Å². The Morgan fingerprint density at radius 1 is 1.26 bits per heavy atom. The number of aryl methyl sites for hydroxylation is 1. The molecule has 0 aliphatic carbocycles. The highest BCUT2D eigenvalue weighted by molar-refractivity contribution is 7.11. The van der Waals surface area contributed by atoms with Crippen LogP contribution < -0.4 is 10.1 Å². The predicted octanol–water partition coefficient (Wildman–Crippen LogP) is 3.96. The van der Waals surface area contributed by atoms with E-state index in [-0.39, 0.29) is 5.75 Å². The van der Waals surface area contributed by atoms with Crippen molar-refractivity contribution >= 4 is 17.0 Å². The van der Waals surface area contributed by atoms with Gasteiger partial charge in [-0.2, -0.15) is 0 Å². The molecule has 19 heavy (non-hydrogen) atoms. The molecule has 0 radical (unpaired) electrons. The number of hydrogen-bond donors (Lipinski definition) is 1. The minimum atomic E-state index is -4.66. The summed E-state index contributed by atoms with van der Waals surface area (Å²) < 4.78 is 39.7. The quantitative estimate of drug-likeness (QED) is 0.924. The van der Waals surface area contributed by atoms with E-state index >= 15 is 0 Å². The van der Waals surface area contributed by atoms with E-state index in [0.29, 0.717) is 6.54 Å². The van der Waals surface area contributed by atoms with Gasteiger partial charge < -0.3 is 10.1 Å². The van der Waals surface area contributed by atoms with Gasteiger partial charge in [0.25, 0.3) is 0 Å². The number of hydrogen-bond acceptors (Lipinski definition) is 4. The first-order valence-electron chi connectivity index (χ1n) is 5.43. The number of thiazole rings is 1. The molecule has 1 aromatic carbocycles. The lowest BCUT2D eigenvalue weighted by molar-refractivity contribution is -0.274. The molecular weight excluding hydrogens is 277 g/mol. The van der Waals surface area contributed by atoms with Gasteiger partial charge in [0.15, 0.2) is 0 Å². The van der Waals surface area contributed by atoms with Crippen molar-refractivity contribution in [3.05, 3.63) is 40.3 Å². The molecule has 0 aliphatic rings. The Hall–Kier alpha value is -1.76. The average molecular weight is 288 g/mol. The van der Waals surface area contributed by atoms with Crippen LogP contribution >= 0.6 is 11.3 Å². The van der Waals surface area contributed by atoms with Crippen LogP contribution in [0.3, 0.4) is 0 Å². The zero-order valence-corrected chi connectivity index (χ0v) is 10.8. The van der Waals surface area contributed by atoms with Crippen LogP contribution in [0.25, 0.3) is 0 Å². The Labute approximate surface area is 112 Å². The van der Waals surface area contributed by atoms with Gasteiger partial charge in [0.05, 0.1) is 11.6 Å². The maximum atomic E-state index is 12.0. The lowest BCUT2D eigenvalue weighted by Gasteiger charge is -2.09. The summed E-state index contributed by atoms with van der Waals surface area (Å²) >= 11 is 1.57. The molecule has 2 aromatic rings. The molecular formula is C12H11F3N2OS. The number of alkyl halides is 3. The van der Waals surface area contributed by atoms with Crippen molar-refractivity contribution in [2.75, 3.05) is 5.32 Å². The van der Waals surface area contributed by atoms with E-state index in [4.69, 9.17) is 0 Å². The van der Waals surface area contributed by atoms with Crippen molar-refractivity contribution in [2.24, 2.45) is 0 Å². The first-order valence-corrected chi connectivity index (χ1v) is 6.25. The summed E-state index contributed by atoms with van der Waals surface area (Å²) in [6.45, 7) is 2.50. The number of rotatable bonds is 4. The molecule has 1 heterocycles. The molecule has 2 rings (SSSR count). The Bertz CT molecular complexity index is 537. The molecule has 0 amide bonds. The predicted molar refractivity (Wildman–Crippen MR) is 67.3 cm³/mol. The van der Waals surface area contributed by atoms with E-state index in [1.807, 2.05) is 6.92 Å². The van der Waals surface area contributed by atoms with Crippen LogP contribution in [-0.2, 0) is 6.54 Å². The standard InChI is InChI=1S/C12H11F3N2OS/c1-8-16-6-11(19-8)7-17-9-2-4-10(5-3-9)18-12(13,14)15/h2-6,17H,7H2,1H3. The van der Waals surface area contributed by atoms with Gasteiger partial charge in [-0.3, -0.25) is 0 Å². The molecule has 7 heteroatoms. The Morgan fingerprint density at radius 3 is 2.47 bits per heavy atom. The Morgan fingerprint density at radius 2 is 1.95 bits per heavy atom. The van der Waals surface area contributed by atoms with Crippen molar-refractivity contribution in [1.29, 1.82) is 0 Å². The van der Waals surface area contributed by atoms with Crippen molar-refractivity contribution in [3.63, 3.8) is 0 Å². The molecule has 102 valence electrons. The third-order valence-corrected chi connectivity index (χ3v) is 3.14. The van der Waals surface area contributed by atoms with E-state index < -0.39 is 6.36 Å². The summed E-state index contributed by atoms with van der Waals surface area (Å²) in [6, 6.07) is 5.62. The molecule has 1 N–H and O–H groups in total. The van der Waals surface area contributed by atoms with Crippen molar-refractivity contribution < 1.29 is 17.9 Å². The molecule has 1 aromatic heterocycles. The van der Waals surface area contributed by atoms with Gasteiger partial charge in [-0.05, 0) is 31.2 Å². The Kier molecular flexibility index (Phi) is 3.94. The lowest BCUT2D eigenvalue weighted by Crippen LogP contribution is -2.17. The minimum absolute atomic E-state index is 0.230. The van der Waals surface area contributed by atoms with E-state index in [9.17, 15) is 13.2 Å². The molecule has 0 atom stereocenters. The fraction of sp³-hybridized carbons (Fsp3) is 0.250. The molecule has 0 unspecified atom stereocenters. The van der Waals surface area contributed by atoms with Crippen LogP contribution in [0, 0.1) is 6.92 Å².